The van der Waals surface area contributed by atoms with Crippen LogP contribution in [0.3, 0.4) is 0 Å². The molecular weight excluding hydrogens is 272 g/mol. The maximum absolute atomic E-state index is 12.2. The summed E-state index contributed by atoms with van der Waals surface area (Å²) in [6.07, 6.45) is 0. The quantitative estimate of drug-likeness (QED) is 0.512. The molecule has 6 nitrogen and oxygen atoms in total. The molecule has 2 aromatic rings. The number of benzene rings is 2. The predicted molar refractivity (Wildman–Crippen MR) is 80.7 cm³/mol. The molecule has 0 radical (unpaired) electrons. The fraction of sp³-hybridized carbons (Fsp3) is 0.133. The van der Waals surface area contributed by atoms with Gasteiger partial charge in [0.25, 0.3) is 5.69 Å². The Morgan fingerprint density at radius 2 is 1.71 bits per heavy atom. The van der Waals surface area contributed by atoms with Gasteiger partial charge in [0.1, 0.15) is 5.69 Å². The Bertz CT molecular complexity index is 627. The molecule has 110 valence electrons. The second-order valence-corrected chi connectivity index (χ2v) is 3.93. The lowest BCUT2D eigenvalue weighted by molar-refractivity contribution is -0.384. The molecule has 2 rings (SSSR count). The van der Waals surface area contributed by atoms with Crippen LogP contribution in [0.4, 0.5) is 11.4 Å². The highest BCUT2D eigenvalue weighted by Crippen LogP contribution is 2.26. The summed E-state index contributed by atoms with van der Waals surface area (Å²) in [5, 5.41) is 20.7. The molecule has 0 aliphatic heterocycles. The molecule has 0 fully saturated rings. The first kappa shape index (κ1) is 16.3. The second-order valence-electron chi connectivity index (χ2n) is 3.93. The van der Waals surface area contributed by atoms with E-state index >= 15 is 0 Å². The Morgan fingerprint density at radius 1 is 1.10 bits per heavy atom. The van der Waals surface area contributed by atoms with Crippen LogP contribution in [0.25, 0.3) is 0 Å². The maximum atomic E-state index is 12.2. The van der Waals surface area contributed by atoms with Gasteiger partial charge in [0, 0.05) is 31.4 Å². The van der Waals surface area contributed by atoms with Crippen molar-refractivity contribution in [2.75, 3.05) is 19.5 Å². The van der Waals surface area contributed by atoms with Gasteiger partial charge in [-0.05, 0) is 12.1 Å². The number of nitrogens with zero attached hydrogens (tertiary/aromatic N) is 1. The molecule has 2 N–H and O–H groups in total. The summed E-state index contributed by atoms with van der Waals surface area (Å²) >= 11 is 0. The van der Waals surface area contributed by atoms with Gasteiger partial charge in [-0.2, -0.15) is 0 Å². The summed E-state index contributed by atoms with van der Waals surface area (Å²) in [6, 6.07) is 13.1. The van der Waals surface area contributed by atoms with E-state index in [4.69, 9.17) is 5.11 Å². The molecular formula is C15H16N2O4. The number of hydrogen-bond donors (Lipinski definition) is 2. The van der Waals surface area contributed by atoms with Crippen LogP contribution < -0.4 is 5.32 Å². The number of nitrogens with one attached hydrogen (secondary N) is 1. The van der Waals surface area contributed by atoms with Crippen molar-refractivity contribution in [2.24, 2.45) is 0 Å². The fourth-order valence-corrected chi connectivity index (χ4v) is 1.79. The third-order valence-corrected chi connectivity index (χ3v) is 2.76. The number of carbonyl (C=O) groups excluding carboxylic acids is 1. The summed E-state index contributed by atoms with van der Waals surface area (Å²) in [7, 11) is 2.60. The summed E-state index contributed by atoms with van der Waals surface area (Å²) in [4.78, 5) is 22.6. The monoisotopic (exact) mass is 288 g/mol. The predicted octanol–water partition coefficient (Wildman–Crippen LogP) is 2.48. The molecule has 21 heavy (non-hydrogen) atoms. The van der Waals surface area contributed by atoms with Gasteiger partial charge in [0.2, 0.25) is 0 Å². The van der Waals surface area contributed by atoms with E-state index in [9.17, 15) is 14.9 Å². The van der Waals surface area contributed by atoms with Gasteiger partial charge in [-0.1, -0.05) is 30.3 Å². The molecule has 0 bridgehead atoms. The zero-order valence-electron chi connectivity index (χ0n) is 11.7. The Labute approximate surface area is 122 Å². The van der Waals surface area contributed by atoms with Crippen LogP contribution in [0.15, 0.2) is 48.5 Å². The van der Waals surface area contributed by atoms with E-state index < -0.39 is 4.92 Å². The van der Waals surface area contributed by atoms with Crippen molar-refractivity contribution in [3.63, 3.8) is 0 Å². The van der Waals surface area contributed by atoms with Crippen LogP contribution in [0.2, 0.25) is 0 Å². The number of ketones is 1. The van der Waals surface area contributed by atoms with Crippen molar-refractivity contribution in [1.82, 2.24) is 0 Å². The van der Waals surface area contributed by atoms with E-state index in [0.29, 0.717) is 16.8 Å². The Morgan fingerprint density at radius 3 is 2.24 bits per heavy atom. The van der Waals surface area contributed by atoms with Crippen molar-refractivity contribution in [3.05, 3.63) is 69.8 Å². The van der Waals surface area contributed by atoms with Crippen LogP contribution in [0.5, 0.6) is 0 Å². The van der Waals surface area contributed by atoms with Crippen molar-refractivity contribution in [1.29, 1.82) is 0 Å². The van der Waals surface area contributed by atoms with E-state index in [1.807, 2.05) is 6.07 Å². The number of aliphatic hydroxyl groups is 1. The minimum atomic E-state index is -0.506. The number of nitro benzene ring substituents is 1. The van der Waals surface area contributed by atoms with Crippen molar-refractivity contribution in [3.8, 4) is 0 Å². The number of carbonyl (C=O) groups is 1. The number of aliphatic hydroxyl groups excluding tert-OH is 1. The Balaban J connectivity index is 0.00000106. The Hall–Kier alpha value is -2.73. The largest absolute Gasteiger partial charge is 0.400 e. The van der Waals surface area contributed by atoms with Crippen molar-refractivity contribution < 1.29 is 14.8 Å². The molecule has 0 saturated carbocycles. The highest BCUT2D eigenvalue weighted by Gasteiger charge is 2.17. The van der Waals surface area contributed by atoms with E-state index in [1.165, 1.54) is 12.1 Å². The first-order valence-electron chi connectivity index (χ1n) is 6.14. The zero-order chi connectivity index (χ0) is 15.8. The second kappa shape index (κ2) is 7.76. The molecule has 0 aliphatic carbocycles. The first-order valence-corrected chi connectivity index (χ1v) is 6.14. The van der Waals surface area contributed by atoms with Gasteiger partial charge in [0.05, 0.1) is 4.92 Å². The fourth-order valence-electron chi connectivity index (χ4n) is 1.79. The molecule has 2 aromatic carbocycles. The highest BCUT2D eigenvalue weighted by molar-refractivity contribution is 6.09. The highest BCUT2D eigenvalue weighted by atomic mass is 16.6. The average Bonchev–Trinajstić information content (AvgIpc) is 2.56. The van der Waals surface area contributed by atoms with E-state index in [2.05, 4.69) is 5.32 Å². The van der Waals surface area contributed by atoms with Crippen LogP contribution in [0, 0.1) is 10.1 Å². The average molecular weight is 288 g/mol. The molecule has 0 unspecified atom stereocenters. The van der Waals surface area contributed by atoms with E-state index in [1.54, 1.807) is 37.4 Å². The lowest BCUT2D eigenvalue weighted by atomic mass is 10.0. The molecule has 0 heterocycles. The minimum Gasteiger partial charge on any atom is -0.400 e. The molecule has 0 atom stereocenters. The SMILES string of the molecule is CNc1ccc(C(=O)c2ccccc2)cc1[N+](=O)[O-].CO. The standard InChI is InChI=1S/C14H12N2O3.CH4O/c1-15-12-8-7-11(9-13(12)16(18)19)14(17)10-5-3-2-4-6-10;1-2/h2-9,15H,1H3;2H,1H3. The zero-order valence-corrected chi connectivity index (χ0v) is 11.7. The molecule has 0 aromatic heterocycles. The molecule has 0 aliphatic rings. The van der Waals surface area contributed by atoms with Crippen LogP contribution in [0.1, 0.15) is 15.9 Å². The van der Waals surface area contributed by atoms with Crippen LogP contribution in [-0.4, -0.2) is 30.0 Å². The van der Waals surface area contributed by atoms with Gasteiger partial charge in [-0.15, -0.1) is 0 Å². The van der Waals surface area contributed by atoms with Gasteiger partial charge >= 0.3 is 0 Å². The third kappa shape index (κ3) is 3.87. The number of rotatable bonds is 4. The van der Waals surface area contributed by atoms with Crippen molar-refractivity contribution >= 4 is 17.2 Å². The third-order valence-electron chi connectivity index (χ3n) is 2.76. The van der Waals surface area contributed by atoms with Crippen LogP contribution >= 0.6 is 0 Å². The van der Waals surface area contributed by atoms with Crippen molar-refractivity contribution in [2.45, 2.75) is 0 Å². The maximum Gasteiger partial charge on any atom is 0.293 e. The summed E-state index contributed by atoms with van der Waals surface area (Å²) < 4.78 is 0. The van der Waals surface area contributed by atoms with Gasteiger partial charge < -0.3 is 10.4 Å². The summed E-state index contributed by atoms with van der Waals surface area (Å²) in [6.45, 7) is 0. The van der Waals surface area contributed by atoms with Gasteiger partial charge in [-0.25, -0.2) is 0 Å². The van der Waals surface area contributed by atoms with Crippen LogP contribution in [-0.2, 0) is 0 Å². The van der Waals surface area contributed by atoms with E-state index in [0.717, 1.165) is 7.11 Å². The smallest absolute Gasteiger partial charge is 0.293 e. The van der Waals surface area contributed by atoms with Gasteiger partial charge in [-0.3, -0.25) is 14.9 Å². The molecule has 0 amide bonds. The first-order chi connectivity index (χ1) is 10.1. The Kier molecular flexibility index (Phi) is 6.03. The molecule has 0 spiro atoms. The topological polar surface area (TPSA) is 92.5 Å². The number of anilines is 1. The van der Waals surface area contributed by atoms with E-state index in [-0.39, 0.29) is 11.5 Å². The lowest BCUT2D eigenvalue weighted by Crippen LogP contribution is -2.03. The number of hydrogen-bond acceptors (Lipinski definition) is 5. The molecule has 0 saturated heterocycles. The number of nitro groups is 1. The summed E-state index contributed by atoms with van der Waals surface area (Å²) in [5.74, 6) is -0.230. The summed E-state index contributed by atoms with van der Waals surface area (Å²) in [5.41, 5.74) is 1.09. The lowest BCUT2D eigenvalue weighted by Gasteiger charge is -2.05. The minimum absolute atomic E-state index is 0.107. The normalized spacial score (nSPS) is 9.29. The van der Waals surface area contributed by atoms with Gasteiger partial charge in [0.15, 0.2) is 5.78 Å². The molecule has 6 heteroatoms.